The molecule has 4 nitrogen and oxygen atoms in total. The van der Waals surface area contributed by atoms with Gasteiger partial charge in [0.2, 0.25) is 0 Å². The van der Waals surface area contributed by atoms with E-state index in [1.807, 2.05) is 35.3 Å². The van der Waals surface area contributed by atoms with Crippen LogP contribution >= 0.6 is 15.9 Å². The van der Waals surface area contributed by atoms with Gasteiger partial charge in [0.15, 0.2) is 11.5 Å². The predicted molar refractivity (Wildman–Crippen MR) is 77.2 cm³/mol. The molecule has 0 radical (unpaired) electrons. The highest BCUT2D eigenvalue weighted by molar-refractivity contribution is 9.10. The summed E-state index contributed by atoms with van der Waals surface area (Å²) >= 11 is 3.55. The number of benzene rings is 1. The summed E-state index contributed by atoms with van der Waals surface area (Å²) in [5.41, 5.74) is 4.43. The van der Waals surface area contributed by atoms with Crippen LogP contribution in [0.25, 0.3) is 0 Å². The second-order valence-corrected chi connectivity index (χ2v) is 5.23. The second-order valence-electron chi connectivity index (χ2n) is 4.38. The second kappa shape index (κ2) is 5.57. The van der Waals surface area contributed by atoms with Gasteiger partial charge in [0.1, 0.15) is 0 Å². The molecule has 0 amide bonds. The Morgan fingerprint density at radius 2 is 1.95 bits per heavy atom. The summed E-state index contributed by atoms with van der Waals surface area (Å²) in [5, 5.41) is 0. The van der Waals surface area contributed by atoms with Crippen molar-refractivity contribution in [3.8, 4) is 11.5 Å². The Balaban J connectivity index is 1.79. The Kier molecular flexibility index (Phi) is 3.64. The predicted octanol–water partition coefficient (Wildman–Crippen LogP) is 3.16. The largest absolute Gasteiger partial charge is 0.490 e. The number of nitrogens with zero attached hydrogens (tertiary/aromatic N) is 1. The summed E-state index contributed by atoms with van der Waals surface area (Å²) in [4.78, 5) is 0. The maximum absolute atomic E-state index is 5.72. The van der Waals surface area contributed by atoms with E-state index in [1.165, 1.54) is 0 Å². The van der Waals surface area contributed by atoms with Crippen LogP contribution in [0.3, 0.4) is 0 Å². The fraction of sp³-hybridized carbons (Fsp3) is 0.286. The SMILES string of the molecule is Brc1cc(CNn2cccc2)cc2c1OCCCO2. The van der Waals surface area contributed by atoms with Crippen LogP contribution in [-0.4, -0.2) is 17.9 Å². The number of halogens is 1. The fourth-order valence-corrected chi connectivity index (χ4v) is 2.61. The highest BCUT2D eigenvalue weighted by atomic mass is 79.9. The maximum atomic E-state index is 5.72. The lowest BCUT2D eigenvalue weighted by Gasteiger charge is -2.13. The van der Waals surface area contributed by atoms with Gasteiger partial charge < -0.3 is 14.9 Å². The topological polar surface area (TPSA) is 35.4 Å². The maximum Gasteiger partial charge on any atom is 0.175 e. The van der Waals surface area contributed by atoms with E-state index in [2.05, 4.69) is 27.4 Å². The molecule has 100 valence electrons. The highest BCUT2D eigenvalue weighted by Crippen LogP contribution is 2.38. The van der Waals surface area contributed by atoms with Crippen LogP contribution < -0.4 is 14.9 Å². The van der Waals surface area contributed by atoms with E-state index < -0.39 is 0 Å². The summed E-state index contributed by atoms with van der Waals surface area (Å²) in [6.45, 7) is 2.13. The van der Waals surface area contributed by atoms with Crippen molar-refractivity contribution in [2.24, 2.45) is 0 Å². The van der Waals surface area contributed by atoms with Gasteiger partial charge in [-0.15, -0.1) is 0 Å². The number of nitrogens with one attached hydrogen (secondary N) is 1. The molecule has 0 saturated carbocycles. The molecule has 3 rings (SSSR count). The number of hydrogen-bond acceptors (Lipinski definition) is 3. The van der Waals surface area contributed by atoms with Crippen molar-refractivity contribution in [3.05, 3.63) is 46.7 Å². The first-order chi connectivity index (χ1) is 9.33. The molecule has 0 spiro atoms. The molecule has 1 N–H and O–H groups in total. The highest BCUT2D eigenvalue weighted by Gasteiger charge is 2.15. The van der Waals surface area contributed by atoms with Crippen LogP contribution in [0.5, 0.6) is 11.5 Å². The van der Waals surface area contributed by atoms with E-state index in [4.69, 9.17) is 9.47 Å². The van der Waals surface area contributed by atoms with Crippen molar-refractivity contribution >= 4 is 15.9 Å². The van der Waals surface area contributed by atoms with Gasteiger partial charge in [0, 0.05) is 18.8 Å². The summed E-state index contributed by atoms with van der Waals surface area (Å²) in [5.74, 6) is 1.62. The van der Waals surface area contributed by atoms with Crippen LogP contribution in [0, 0.1) is 0 Å². The van der Waals surface area contributed by atoms with Crippen molar-refractivity contribution in [3.63, 3.8) is 0 Å². The number of fused-ring (bicyclic) bond motifs is 1. The minimum absolute atomic E-state index is 0.701. The molecule has 0 bridgehead atoms. The standard InChI is InChI=1S/C14H15BrN2O2/c15-12-8-11(10-16-17-4-1-2-5-17)9-13-14(12)19-7-3-6-18-13/h1-2,4-5,8-9,16H,3,6-7,10H2. The van der Waals surface area contributed by atoms with Crippen LogP contribution in [-0.2, 0) is 6.54 Å². The van der Waals surface area contributed by atoms with Gasteiger partial charge in [-0.3, -0.25) is 4.68 Å². The lowest BCUT2D eigenvalue weighted by atomic mass is 10.2. The molecule has 0 saturated heterocycles. The van der Waals surface area contributed by atoms with E-state index in [0.29, 0.717) is 13.2 Å². The first kappa shape index (κ1) is 12.4. The van der Waals surface area contributed by atoms with E-state index in [1.54, 1.807) is 0 Å². The van der Waals surface area contributed by atoms with E-state index in [9.17, 15) is 0 Å². The molecule has 0 unspecified atom stereocenters. The van der Waals surface area contributed by atoms with Crippen molar-refractivity contribution in [1.29, 1.82) is 0 Å². The van der Waals surface area contributed by atoms with Crippen LogP contribution in [0.1, 0.15) is 12.0 Å². The fourth-order valence-electron chi connectivity index (χ4n) is 2.01. The Hall–Kier alpha value is -1.62. The molecule has 1 aromatic heterocycles. The summed E-state index contributed by atoms with van der Waals surface area (Å²) in [6.07, 6.45) is 4.86. The molecule has 2 heterocycles. The Morgan fingerprint density at radius 3 is 2.79 bits per heavy atom. The molecule has 1 aromatic carbocycles. The Labute approximate surface area is 120 Å². The average molecular weight is 323 g/mol. The third kappa shape index (κ3) is 2.87. The van der Waals surface area contributed by atoms with Crippen molar-refractivity contribution < 1.29 is 9.47 Å². The Morgan fingerprint density at radius 1 is 1.16 bits per heavy atom. The minimum atomic E-state index is 0.701. The summed E-state index contributed by atoms with van der Waals surface area (Å²) < 4.78 is 14.3. The van der Waals surface area contributed by atoms with Crippen LogP contribution in [0.4, 0.5) is 0 Å². The van der Waals surface area contributed by atoms with Gasteiger partial charge in [-0.2, -0.15) is 0 Å². The normalized spacial score (nSPS) is 13.9. The number of aromatic nitrogens is 1. The lowest BCUT2D eigenvalue weighted by molar-refractivity contribution is 0.296. The smallest absolute Gasteiger partial charge is 0.175 e. The molecule has 0 aliphatic carbocycles. The first-order valence-electron chi connectivity index (χ1n) is 6.28. The van der Waals surface area contributed by atoms with Gasteiger partial charge in [-0.25, -0.2) is 0 Å². The lowest BCUT2D eigenvalue weighted by Crippen LogP contribution is -2.12. The number of ether oxygens (including phenoxy) is 2. The van der Waals surface area contributed by atoms with Gasteiger partial charge in [0.05, 0.1) is 24.2 Å². The molecule has 2 aromatic rings. The molecule has 19 heavy (non-hydrogen) atoms. The van der Waals surface area contributed by atoms with Crippen LogP contribution in [0.15, 0.2) is 41.1 Å². The van der Waals surface area contributed by atoms with Gasteiger partial charge >= 0.3 is 0 Å². The monoisotopic (exact) mass is 322 g/mol. The third-order valence-electron chi connectivity index (χ3n) is 2.93. The van der Waals surface area contributed by atoms with Crippen molar-refractivity contribution in [2.45, 2.75) is 13.0 Å². The number of rotatable bonds is 3. The molecule has 0 fully saturated rings. The average Bonchev–Trinajstić information content (AvgIpc) is 2.81. The summed E-state index contributed by atoms with van der Waals surface area (Å²) in [7, 11) is 0. The van der Waals surface area contributed by atoms with Crippen LogP contribution in [0.2, 0.25) is 0 Å². The summed E-state index contributed by atoms with van der Waals surface area (Å²) in [6, 6.07) is 8.06. The minimum Gasteiger partial charge on any atom is -0.490 e. The molecular formula is C14H15BrN2O2. The Bertz CT molecular complexity index is 555. The molecular weight excluding hydrogens is 308 g/mol. The quantitative estimate of drug-likeness (QED) is 0.942. The van der Waals surface area contributed by atoms with E-state index >= 15 is 0 Å². The van der Waals surface area contributed by atoms with Gasteiger partial charge in [0.25, 0.3) is 0 Å². The van der Waals surface area contributed by atoms with Gasteiger partial charge in [-0.05, 0) is 45.8 Å². The first-order valence-corrected chi connectivity index (χ1v) is 7.07. The van der Waals surface area contributed by atoms with Gasteiger partial charge in [-0.1, -0.05) is 0 Å². The molecule has 5 heteroatoms. The van der Waals surface area contributed by atoms with Crippen molar-refractivity contribution in [2.75, 3.05) is 18.6 Å². The third-order valence-corrected chi connectivity index (χ3v) is 3.52. The molecule has 1 aliphatic heterocycles. The zero-order valence-electron chi connectivity index (χ0n) is 10.4. The molecule has 1 aliphatic rings. The number of hydrogen-bond donors (Lipinski definition) is 1. The van der Waals surface area contributed by atoms with E-state index in [0.717, 1.165) is 34.5 Å². The van der Waals surface area contributed by atoms with E-state index in [-0.39, 0.29) is 0 Å². The zero-order chi connectivity index (χ0) is 13.1. The zero-order valence-corrected chi connectivity index (χ0v) is 12.0. The molecule has 0 atom stereocenters. The van der Waals surface area contributed by atoms with Crippen molar-refractivity contribution in [1.82, 2.24) is 4.68 Å².